The Morgan fingerprint density at radius 2 is 2.21 bits per heavy atom. The van der Waals surface area contributed by atoms with Crippen molar-refractivity contribution in [1.29, 1.82) is 5.26 Å². The fourth-order valence-electron chi connectivity index (χ4n) is 2.72. The van der Waals surface area contributed by atoms with E-state index in [-0.39, 0.29) is 0 Å². The van der Waals surface area contributed by atoms with Gasteiger partial charge in [-0.2, -0.15) is 5.26 Å². The minimum Gasteiger partial charge on any atom is -0.493 e. The molecule has 1 aliphatic rings. The highest BCUT2D eigenvalue weighted by atomic mass is 16.5. The van der Waals surface area contributed by atoms with Gasteiger partial charge in [0.1, 0.15) is 17.6 Å². The first-order valence-electron chi connectivity index (χ1n) is 8.24. The van der Waals surface area contributed by atoms with Crippen LogP contribution < -0.4 is 10.1 Å². The molecule has 0 amide bonds. The smallest absolute Gasteiger partial charge is 0.203 e. The van der Waals surface area contributed by atoms with Crippen LogP contribution in [0.5, 0.6) is 5.75 Å². The Morgan fingerprint density at radius 1 is 1.29 bits per heavy atom. The molecule has 24 heavy (non-hydrogen) atoms. The quantitative estimate of drug-likeness (QED) is 0.846. The molecular formula is C19H22N2O3. The van der Waals surface area contributed by atoms with E-state index in [1.54, 1.807) is 6.07 Å². The zero-order valence-corrected chi connectivity index (χ0v) is 13.9. The van der Waals surface area contributed by atoms with Gasteiger partial charge in [-0.25, -0.2) is 0 Å². The number of nitriles is 1. The van der Waals surface area contributed by atoms with Gasteiger partial charge in [0.05, 0.1) is 19.8 Å². The van der Waals surface area contributed by atoms with E-state index < -0.39 is 0 Å². The van der Waals surface area contributed by atoms with E-state index in [2.05, 4.69) is 30.4 Å². The number of hydrogen-bond donors (Lipinski definition) is 1. The van der Waals surface area contributed by atoms with Gasteiger partial charge >= 0.3 is 0 Å². The highest BCUT2D eigenvalue weighted by Crippen LogP contribution is 2.23. The van der Waals surface area contributed by atoms with Crippen LogP contribution in [0.3, 0.4) is 0 Å². The maximum atomic E-state index is 8.78. The largest absolute Gasteiger partial charge is 0.493 e. The summed E-state index contributed by atoms with van der Waals surface area (Å²) in [7, 11) is 0. The first-order valence-corrected chi connectivity index (χ1v) is 8.24. The van der Waals surface area contributed by atoms with Crippen LogP contribution in [0.1, 0.15) is 29.1 Å². The molecule has 1 unspecified atom stereocenters. The van der Waals surface area contributed by atoms with Crippen molar-refractivity contribution in [2.45, 2.75) is 26.4 Å². The van der Waals surface area contributed by atoms with Gasteiger partial charge < -0.3 is 19.2 Å². The van der Waals surface area contributed by atoms with Crippen molar-refractivity contribution in [2.24, 2.45) is 5.92 Å². The molecule has 0 radical (unpaired) electrons. The van der Waals surface area contributed by atoms with Crippen LogP contribution >= 0.6 is 0 Å². The number of nitrogens with one attached hydrogen (secondary N) is 1. The summed E-state index contributed by atoms with van der Waals surface area (Å²) in [6.07, 6.45) is 1.07. The standard InChI is InChI=1S/C19H22N2O3/c1-14-2-3-16(10-21-11-18-5-4-17(9-20)24-18)19(8-14)23-13-15-6-7-22-12-15/h2-5,8,15,21H,6-7,10-13H2,1H3. The molecule has 2 aromatic rings. The highest BCUT2D eigenvalue weighted by molar-refractivity contribution is 5.37. The molecule has 1 saturated heterocycles. The summed E-state index contributed by atoms with van der Waals surface area (Å²) in [5.74, 6) is 2.50. The lowest BCUT2D eigenvalue weighted by atomic mass is 10.1. The molecule has 1 atom stereocenters. The Morgan fingerprint density at radius 3 is 2.96 bits per heavy atom. The van der Waals surface area contributed by atoms with Crippen molar-refractivity contribution in [2.75, 3.05) is 19.8 Å². The Hall–Kier alpha value is -2.29. The van der Waals surface area contributed by atoms with Gasteiger partial charge in [0.2, 0.25) is 5.76 Å². The first kappa shape index (κ1) is 16.6. The zero-order chi connectivity index (χ0) is 16.8. The van der Waals surface area contributed by atoms with Gasteiger partial charge in [-0.1, -0.05) is 12.1 Å². The molecule has 1 fully saturated rings. The van der Waals surface area contributed by atoms with Crippen molar-refractivity contribution in [3.05, 3.63) is 53.0 Å². The maximum absolute atomic E-state index is 8.78. The Labute approximate surface area is 142 Å². The van der Waals surface area contributed by atoms with Crippen LogP contribution in [0, 0.1) is 24.2 Å². The van der Waals surface area contributed by atoms with Gasteiger partial charge in [0.25, 0.3) is 0 Å². The molecule has 1 aromatic carbocycles. The van der Waals surface area contributed by atoms with E-state index >= 15 is 0 Å². The average molecular weight is 326 g/mol. The number of furan rings is 1. The monoisotopic (exact) mass is 326 g/mol. The fourth-order valence-corrected chi connectivity index (χ4v) is 2.72. The van der Waals surface area contributed by atoms with E-state index in [1.807, 2.05) is 12.1 Å². The van der Waals surface area contributed by atoms with Crippen LogP contribution in [0.15, 0.2) is 34.7 Å². The average Bonchev–Trinajstić information content (AvgIpc) is 3.26. The van der Waals surface area contributed by atoms with Gasteiger partial charge in [-0.3, -0.25) is 0 Å². The van der Waals surface area contributed by atoms with E-state index in [0.29, 0.717) is 31.4 Å². The number of rotatable bonds is 7. The third-order valence-electron chi connectivity index (χ3n) is 4.11. The molecule has 2 heterocycles. The lowest BCUT2D eigenvalue weighted by molar-refractivity contribution is 0.166. The molecule has 3 rings (SSSR count). The van der Waals surface area contributed by atoms with Crippen LogP contribution in [-0.2, 0) is 17.8 Å². The first-order chi connectivity index (χ1) is 11.7. The van der Waals surface area contributed by atoms with Crippen molar-refractivity contribution >= 4 is 0 Å². The van der Waals surface area contributed by atoms with Crippen molar-refractivity contribution in [1.82, 2.24) is 5.32 Å². The van der Waals surface area contributed by atoms with Crippen molar-refractivity contribution in [3.63, 3.8) is 0 Å². The summed E-state index contributed by atoms with van der Waals surface area (Å²) in [4.78, 5) is 0. The predicted octanol–water partition coefficient (Wildman–Crippen LogP) is 3.16. The van der Waals surface area contributed by atoms with Crippen LogP contribution in [0.4, 0.5) is 0 Å². The maximum Gasteiger partial charge on any atom is 0.203 e. The van der Waals surface area contributed by atoms with Crippen molar-refractivity contribution < 1.29 is 13.9 Å². The number of hydrogen-bond acceptors (Lipinski definition) is 5. The van der Waals surface area contributed by atoms with Crippen LogP contribution in [-0.4, -0.2) is 19.8 Å². The Balaban J connectivity index is 1.56. The summed E-state index contributed by atoms with van der Waals surface area (Å²) in [5, 5.41) is 12.1. The molecule has 1 aromatic heterocycles. The number of benzene rings is 1. The fraction of sp³-hybridized carbons (Fsp3) is 0.421. The Bertz CT molecular complexity index is 712. The lowest BCUT2D eigenvalue weighted by Crippen LogP contribution is -2.16. The molecule has 0 aliphatic carbocycles. The van der Waals surface area contributed by atoms with E-state index in [4.69, 9.17) is 19.2 Å². The molecule has 1 aliphatic heterocycles. The summed E-state index contributed by atoms with van der Waals surface area (Å²) < 4.78 is 16.8. The second-order valence-corrected chi connectivity index (χ2v) is 6.13. The molecule has 126 valence electrons. The van der Waals surface area contributed by atoms with Gasteiger partial charge in [-0.15, -0.1) is 0 Å². The van der Waals surface area contributed by atoms with Gasteiger partial charge in [0.15, 0.2) is 0 Å². The predicted molar refractivity (Wildman–Crippen MR) is 89.6 cm³/mol. The van der Waals surface area contributed by atoms with Gasteiger partial charge in [0, 0.05) is 24.6 Å². The third kappa shape index (κ3) is 4.38. The van der Waals surface area contributed by atoms with E-state index in [9.17, 15) is 0 Å². The molecular weight excluding hydrogens is 304 g/mol. The SMILES string of the molecule is Cc1ccc(CNCc2ccc(C#N)o2)c(OCC2CCOC2)c1. The zero-order valence-electron chi connectivity index (χ0n) is 13.9. The minimum absolute atomic E-state index is 0.338. The van der Waals surface area contributed by atoms with E-state index in [0.717, 1.165) is 36.7 Å². The summed E-state index contributed by atoms with van der Waals surface area (Å²) >= 11 is 0. The van der Waals surface area contributed by atoms with Crippen molar-refractivity contribution in [3.8, 4) is 11.8 Å². The molecule has 5 heteroatoms. The molecule has 5 nitrogen and oxygen atoms in total. The van der Waals surface area contributed by atoms with E-state index in [1.165, 1.54) is 5.56 Å². The second kappa shape index (κ2) is 8.00. The topological polar surface area (TPSA) is 67.4 Å². The minimum atomic E-state index is 0.338. The molecule has 0 saturated carbocycles. The molecule has 0 spiro atoms. The summed E-state index contributed by atoms with van der Waals surface area (Å²) in [6, 6.07) is 11.7. The third-order valence-corrected chi connectivity index (χ3v) is 4.11. The number of ether oxygens (including phenoxy) is 2. The Kier molecular flexibility index (Phi) is 5.52. The lowest BCUT2D eigenvalue weighted by Gasteiger charge is -2.15. The normalized spacial score (nSPS) is 16.9. The summed E-state index contributed by atoms with van der Waals surface area (Å²) in [5.41, 5.74) is 2.30. The summed E-state index contributed by atoms with van der Waals surface area (Å²) in [6.45, 7) is 5.64. The second-order valence-electron chi connectivity index (χ2n) is 6.13. The highest BCUT2D eigenvalue weighted by Gasteiger charge is 2.17. The van der Waals surface area contributed by atoms with Crippen LogP contribution in [0.25, 0.3) is 0 Å². The number of nitrogens with zero attached hydrogens (tertiary/aromatic N) is 1. The molecule has 1 N–H and O–H groups in total. The van der Waals surface area contributed by atoms with Crippen LogP contribution in [0.2, 0.25) is 0 Å². The van der Waals surface area contributed by atoms with Gasteiger partial charge in [-0.05, 0) is 37.1 Å². The molecule has 0 bridgehead atoms. The number of aryl methyl sites for hydroxylation is 1.